The lowest BCUT2D eigenvalue weighted by Crippen LogP contribution is -2.34. The van der Waals surface area contributed by atoms with Crippen LogP contribution in [0, 0.1) is 5.92 Å². The van der Waals surface area contributed by atoms with E-state index in [0.29, 0.717) is 17.3 Å². The van der Waals surface area contributed by atoms with Crippen molar-refractivity contribution < 1.29 is 4.79 Å². The van der Waals surface area contributed by atoms with E-state index in [1.54, 1.807) is 19.0 Å². The predicted molar refractivity (Wildman–Crippen MR) is 76.0 cm³/mol. The molecule has 5 heteroatoms. The van der Waals surface area contributed by atoms with Crippen LogP contribution in [0.15, 0.2) is 0 Å². The highest BCUT2D eigenvalue weighted by Crippen LogP contribution is 2.02. The van der Waals surface area contributed by atoms with Crippen molar-refractivity contribution in [3.05, 3.63) is 0 Å². The van der Waals surface area contributed by atoms with E-state index in [4.69, 9.17) is 18.0 Å². The summed E-state index contributed by atoms with van der Waals surface area (Å²) in [5, 5.41) is 0. The molecule has 0 bridgehead atoms. The lowest BCUT2D eigenvalue weighted by atomic mass is 10.2. The Hall–Kier alpha value is -0.680. The highest BCUT2D eigenvalue weighted by Gasteiger charge is 2.11. The largest absolute Gasteiger partial charge is 0.393 e. The summed E-state index contributed by atoms with van der Waals surface area (Å²) in [5.41, 5.74) is 5.51. The molecule has 0 aromatic heterocycles. The third kappa shape index (κ3) is 9.06. The Bertz CT molecular complexity index is 254. The number of rotatable bonds is 8. The number of carbonyl (C=O) groups excluding carboxylic acids is 1. The summed E-state index contributed by atoms with van der Waals surface area (Å²) >= 11 is 4.88. The van der Waals surface area contributed by atoms with Crippen molar-refractivity contribution in [2.24, 2.45) is 11.7 Å². The molecule has 0 aliphatic rings. The third-order valence-electron chi connectivity index (χ3n) is 2.44. The van der Waals surface area contributed by atoms with Gasteiger partial charge in [0, 0.05) is 46.6 Å². The number of thiocarbonyl (C=S) groups is 1. The Balaban J connectivity index is 4.09. The zero-order valence-electron chi connectivity index (χ0n) is 11.4. The van der Waals surface area contributed by atoms with Gasteiger partial charge in [-0.25, -0.2) is 0 Å². The molecule has 0 aromatic rings. The van der Waals surface area contributed by atoms with Crippen molar-refractivity contribution in [1.82, 2.24) is 9.80 Å². The lowest BCUT2D eigenvalue weighted by Gasteiger charge is -2.24. The maximum Gasteiger partial charge on any atom is 0.223 e. The van der Waals surface area contributed by atoms with Gasteiger partial charge in [0.2, 0.25) is 5.91 Å². The highest BCUT2D eigenvalue weighted by atomic mass is 32.1. The number of nitrogens with zero attached hydrogens (tertiary/aromatic N) is 2. The molecule has 4 nitrogen and oxygen atoms in total. The topological polar surface area (TPSA) is 49.6 Å². The second-order valence-corrected chi connectivity index (χ2v) is 5.47. The first-order chi connectivity index (χ1) is 7.82. The van der Waals surface area contributed by atoms with Crippen molar-refractivity contribution in [1.29, 1.82) is 0 Å². The van der Waals surface area contributed by atoms with Crippen molar-refractivity contribution >= 4 is 23.1 Å². The molecule has 100 valence electrons. The summed E-state index contributed by atoms with van der Waals surface area (Å²) < 4.78 is 0. The molecule has 17 heavy (non-hydrogen) atoms. The van der Waals surface area contributed by atoms with E-state index in [9.17, 15) is 4.79 Å². The van der Waals surface area contributed by atoms with E-state index in [1.165, 1.54) is 0 Å². The van der Waals surface area contributed by atoms with Gasteiger partial charge in [0.1, 0.15) is 0 Å². The average Bonchev–Trinajstić information content (AvgIpc) is 2.20. The van der Waals surface area contributed by atoms with Gasteiger partial charge in [-0.05, 0) is 5.92 Å². The van der Waals surface area contributed by atoms with Gasteiger partial charge in [0.15, 0.2) is 0 Å². The summed E-state index contributed by atoms with van der Waals surface area (Å²) in [5.74, 6) is 0.741. The number of carbonyl (C=O) groups is 1. The Kier molecular flexibility index (Phi) is 8.08. The summed E-state index contributed by atoms with van der Waals surface area (Å²) in [6, 6.07) is 0. The van der Waals surface area contributed by atoms with E-state index in [0.717, 1.165) is 26.1 Å². The fraction of sp³-hybridized carbons (Fsp3) is 0.833. The first kappa shape index (κ1) is 16.3. The van der Waals surface area contributed by atoms with Crippen LogP contribution in [0.3, 0.4) is 0 Å². The Morgan fingerprint density at radius 3 is 2.18 bits per heavy atom. The Labute approximate surface area is 110 Å². The number of nitrogens with two attached hydrogens (primary N) is 1. The Morgan fingerprint density at radius 2 is 1.76 bits per heavy atom. The van der Waals surface area contributed by atoms with Crippen LogP contribution in [0.5, 0.6) is 0 Å². The summed E-state index contributed by atoms with van der Waals surface area (Å²) in [4.78, 5) is 15.9. The fourth-order valence-corrected chi connectivity index (χ4v) is 1.65. The maximum absolute atomic E-state index is 11.5. The van der Waals surface area contributed by atoms with Crippen molar-refractivity contribution in [2.75, 3.05) is 33.7 Å². The molecule has 0 saturated heterocycles. The number of amides is 1. The van der Waals surface area contributed by atoms with Crippen LogP contribution in [0.25, 0.3) is 0 Å². The minimum Gasteiger partial charge on any atom is -0.393 e. The van der Waals surface area contributed by atoms with Gasteiger partial charge in [-0.15, -0.1) is 0 Å². The van der Waals surface area contributed by atoms with Gasteiger partial charge < -0.3 is 15.5 Å². The van der Waals surface area contributed by atoms with Crippen LogP contribution >= 0.6 is 12.2 Å². The van der Waals surface area contributed by atoms with Crippen molar-refractivity contribution in [3.8, 4) is 0 Å². The standard InChI is InChI=1S/C12H25N3OS/c1-10(2)9-15(7-5-11(13)17)8-6-12(16)14(3)4/h10H,5-9H2,1-4H3,(H2,13,17). The third-order valence-corrected chi connectivity index (χ3v) is 2.64. The molecule has 0 atom stereocenters. The molecular formula is C12H25N3OS. The molecule has 0 heterocycles. The van der Waals surface area contributed by atoms with Crippen LogP contribution in [-0.4, -0.2) is 54.4 Å². The molecule has 0 unspecified atom stereocenters. The SMILES string of the molecule is CC(C)CN(CCC(=O)N(C)C)CCC(N)=S. The van der Waals surface area contributed by atoms with Gasteiger partial charge in [-0.3, -0.25) is 4.79 Å². The molecule has 0 radical (unpaired) electrons. The molecule has 0 saturated carbocycles. The van der Waals surface area contributed by atoms with Crippen LogP contribution in [0.4, 0.5) is 0 Å². The zero-order valence-corrected chi connectivity index (χ0v) is 12.2. The fourth-order valence-electron chi connectivity index (χ4n) is 1.56. The molecule has 1 amide bonds. The van der Waals surface area contributed by atoms with Gasteiger partial charge in [-0.2, -0.15) is 0 Å². The minimum atomic E-state index is 0.161. The second kappa shape index (κ2) is 8.42. The molecule has 0 rings (SSSR count). The van der Waals surface area contributed by atoms with Crippen LogP contribution in [0.1, 0.15) is 26.7 Å². The normalized spacial score (nSPS) is 10.9. The quantitative estimate of drug-likeness (QED) is 0.663. The summed E-state index contributed by atoms with van der Waals surface area (Å²) in [7, 11) is 3.56. The molecule has 0 aliphatic heterocycles. The molecule has 0 aliphatic carbocycles. The summed E-state index contributed by atoms with van der Waals surface area (Å²) in [6.07, 6.45) is 1.27. The van der Waals surface area contributed by atoms with Crippen molar-refractivity contribution in [2.45, 2.75) is 26.7 Å². The van der Waals surface area contributed by atoms with Crippen LogP contribution < -0.4 is 5.73 Å². The monoisotopic (exact) mass is 259 g/mol. The van der Waals surface area contributed by atoms with Gasteiger partial charge in [-0.1, -0.05) is 26.1 Å². The van der Waals surface area contributed by atoms with Crippen LogP contribution in [0.2, 0.25) is 0 Å². The van der Waals surface area contributed by atoms with Crippen molar-refractivity contribution in [3.63, 3.8) is 0 Å². The van der Waals surface area contributed by atoms with Crippen LogP contribution in [-0.2, 0) is 4.79 Å². The molecule has 2 N–H and O–H groups in total. The lowest BCUT2D eigenvalue weighted by molar-refractivity contribution is -0.129. The molecule has 0 aromatic carbocycles. The predicted octanol–water partition coefficient (Wildman–Crippen LogP) is 1.10. The first-order valence-electron chi connectivity index (χ1n) is 6.03. The molecule has 0 fully saturated rings. The smallest absolute Gasteiger partial charge is 0.223 e. The molecular weight excluding hydrogens is 234 g/mol. The highest BCUT2D eigenvalue weighted by molar-refractivity contribution is 7.80. The Morgan fingerprint density at radius 1 is 1.24 bits per heavy atom. The average molecular weight is 259 g/mol. The van der Waals surface area contributed by atoms with Gasteiger partial charge >= 0.3 is 0 Å². The second-order valence-electron chi connectivity index (χ2n) is 4.95. The summed E-state index contributed by atoms with van der Waals surface area (Å²) in [6.45, 7) is 6.93. The van der Waals surface area contributed by atoms with E-state index in [2.05, 4.69) is 18.7 Å². The van der Waals surface area contributed by atoms with E-state index < -0.39 is 0 Å². The first-order valence-corrected chi connectivity index (χ1v) is 6.44. The van der Waals surface area contributed by atoms with Gasteiger partial charge in [0.05, 0.1) is 4.99 Å². The maximum atomic E-state index is 11.5. The molecule has 0 spiro atoms. The zero-order chi connectivity index (χ0) is 13.4. The van der Waals surface area contributed by atoms with E-state index in [-0.39, 0.29) is 5.91 Å². The number of hydrogen-bond acceptors (Lipinski definition) is 3. The van der Waals surface area contributed by atoms with E-state index >= 15 is 0 Å². The van der Waals surface area contributed by atoms with Gasteiger partial charge in [0.25, 0.3) is 0 Å². The number of hydrogen-bond donors (Lipinski definition) is 1. The van der Waals surface area contributed by atoms with E-state index in [1.807, 2.05) is 0 Å². The minimum absolute atomic E-state index is 0.161.